The number of aliphatic hydroxyl groups excluding tert-OH is 1. The molecular formula is C15H16N4OS2. The summed E-state index contributed by atoms with van der Waals surface area (Å²) >= 11 is 3.41. The smallest absolute Gasteiger partial charge is 0.128 e. The van der Waals surface area contributed by atoms with E-state index in [9.17, 15) is 5.11 Å². The maximum absolute atomic E-state index is 10.2. The fourth-order valence-corrected chi connectivity index (χ4v) is 5.10. The van der Waals surface area contributed by atoms with Crippen LogP contribution in [0.2, 0.25) is 0 Å². The first kappa shape index (κ1) is 14.2. The van der Waals surface area contributed by atoms with Gasteiger partial charge in [0.1, 0.15) is 16.2 Å². The van der Waals surface area contributed by atoms with E-state index in [4.69, 9.17) is 0 Å². The number of thiophene rings is 1. The fraction of sp³-hybridized carbons (Fsp3) is 0.400. The third-order valence-electron chi connectivity index (χ3n) is 3.84. The van der Waals surface area contributed by atoms with Crippen molar-refractivity contribution >= 4 is 33.3 Å². The van der Waals surface area contributed by atoms with Crippen LogP contribution in [-0.4, -0.2) is 36.7 Å². The van der Waals surface area contributed by atoms with Crippen molar-refractivity contribution in [1.29, 1.82) is 0 Å². The van der Waals surface area contributed by atoms with Gasteiger partial charge in [0.05, 0.1) is 12.6 Å². The highest BCUT2D eigenvalue weighted by molar-refractivity contribution is 7.99. The summed E-state index contributed by atoms with van der Waals surface area (Å²) in [5.74, 6) is 0.608. The lowest BCUT2D eigenvalue weighted by molar-refractivity contribution is 0.173. The van der Waals surface area contributed by atoms with Gasteiger partial charge in [0, 0.05) is 28.4 Å². The molecule has 1 aliphatic rings. The molecule has 0 amide bonds. The van der Waals surface area contributed by atoms with Crippen LogP contribution in [0.5, 0.6) is 0 Å². The molecule has 114 valence electrons. The number of aryl methyl sites for hydroxylation is 2. The van der Waals surface area contributed by atoms with E-state index >= 15 is 0 Å². The van der Waals surface area contributed by atoms with Gasteiger partial charge >= 0.3 is 0 Å². The van der Waals surface area contributed by atoms with E-state index in [2.05, 4.69) is 15.1 Å². The Bertz CT molecular complexity index is 784. The van der Waals surface area contributed by atoms with Crippen LogP contribution in [0, 0.1) is 0 Å². The van der Waals surface area contributed by atoms with E-state index in [0.717, 1.165) is 16.3 Å². The fourth-order valence-electron chi connectivity index (χ4n) is 2.86. The van der Waals surface area contributed by atoms with E-state index in [1.165, 1.54) is 28.7 Å². The molecule has 0 spiro atoms. The minimum absolute atomic E-state index is 0.443. The average Bonchev–Trinajstić information content (AvgIpc) is 3.21. The Morgan fingerprint density at radius 3 is 3.18 bits per heavy atom. The number of hydrogen-bond donors (Lipinski definition) is 1. The number of rotatable bonds is 5. The Morgan fingerprint density at radius 2 is 2.32 bits per heavy atom. The van der Waals surface area contributed by atoms with Gasteiger partial charge < -0.3 is 5.11 Å². The van der Waals surface area contributed by atoms with Gasteiger partial charge in [0.2, 0.25) is 0 Å². The van der Waals surface area contributed by atoms with Crippen LogP contribution in [0.1, 0.15) is 16.9 Å². The molecule has 1 N–H and O–H groups in total. The van der Waals surface area contributed by atoms with Crippen LogP contribution < -0.4 is 0 Å². The van der Waals surface area contributed by atoms with Crippen LogP contribution in [0.3, 0.4) is 0 Å². The molecule has 3 aromatic heterocycles. The van der Waals surface area contributed by atoms with Gasteiger partial charge in [-0.3, -0.25) is 4.68 Å². The van der Waals surface area contributed by atoms with Crippen LogP contribution in [0.15, 0.2) is 29.8 Å². The highest BCUT2D eigenvalue weighted by Crippen LogP contribution is 2.40. The van der Waals surface area contributed by atoms with E-state index in [1.54, 1.807) is 40.3 Å². The Hall–Kier alpha value is -1.44. The van der Waals surface area contributed by atoms with Crippen molar-refractivity contribution in [2.75, 3.05) is 5.75 Å². The molecule has 22 heavy (non-hydrogen) atoms. The van der Waals surface area contributed by atoms with Crippen LogP contribution in [0.4, 0.5) is 0 Å². The number of nitrogens with zero attached hydrogens (tertiary/aromatic N) is 4. The van der Waals surface area contributed by atoms with E-state index in [1.807, 2.05) is 12.3 Å². The summed E-state index contributed by atoms with van der Waals surface area (Å²) in [6.45, 7) is 0.510. The van der Waals surface area contributed by atoms with Crippen molar-refractivity contribution < 1.29 is 5.11 Å². The molecule has 1 atom stereocenters. The normalized spacial score (nSPS) is 15.3. The number of fused-ring (bicyclic) bond motifs is 3. The zero-order valence-corrected chi connectivity index (χ0v) is 13.6. The van der Waals surface area contributed by atoms with Gasteiger partial charge in [-0.05, 0) is 30.9 Å². The van der Waals surface area contributed by atoms with Crippen molar-refractivity contribution in [3.05, 3.63) is 35.2 Å². The molecule has 1 aliphatic carbocycles. The predicted octanol–water partition coefficient (Wildman–Crippen LogP) is 2.53. The summed E-state index contributed by atoms with van der Waals surface area (Å²) in [6, 6.07) is 1.86. The molecule has 0 unspecified atom stereocenters. The zero-order chi connectivity index (χ0) is 14.9. The summed E-state index contributed by atoms with van der Waals surface area (Å²) in [4.78, 5) is 11.4. The van der Waals surface area contributed by atoms with Crippen molar-refractivity contribution in [1.82, 2.24) is 19.7 Å². The SMILES string of the molecule is O[C@H](CSc1ncnc2sc3c(c12)CCC3)Cn1cccn1. The Labute approximate surface area is 136 Å². The van der Waals surface area contributed by atoms with Gasteiger partial charge in [0.25, 0.3) is 0 Å². The number of hydrogen-bond acceptors (Lipinski definition) is 6. The number of aliphatic hydroxyl groups is 1. The van der Waals surface area contributed by atoms with Gasteiger partial charge in [-0.15, -0.1) is 23.1 Å². The van der Waals surface area contributed by atoms with Crippen molar-refractivity contribution in [2.45, 2.75) is 36.9 Å². The standard InChI is InChI=1S/C15H16N4OS2/c20-10(7-19-6-2-5-18-19)8-21-14-13-11-3-1-4-12(11)22-15(13)17-9-16-14/h2,5-6,9-10,20H,1,3-4,7-8H2/t10-/m0/s1. The number of thioether (sulfide) groups is 1. The molecule has 4 rings (SSSR count). The first-order chi connectivity index (χ1) is 10.8. The topological polar surface area (TPSA) is 63.8 Å². The van der Waals surface area contributed by atoms with Gasteiger partial charge in [0.15, 0.2) is 0 Å². The second kappa shape index (κ2) is 5.98. The van der Waals surface area contributed by atoms with Gasteiger partial charge in [-0.2, -0.15) is 5.10 Å². The molecule has 0 aliphatic heterocycles. The minimum atomic E-state index is -0.443. The molecule has 0 bridgehead atoms. The molecular weight excluding hydrogens is 316 g/mol. The van der Waals surface area contributed by atoms with Crippen molar-refractivity contribution in [3.8, 4) is 0 Å². The lowest BCUT2D eigenvalue weighted by Crippen LogP contribution is -2.18. The molecule has 3 heterocycles. The zero-order valence-electron chi connectivity index (χ0n) is 12.0. The first-order valence-corrected chi connectivity index (χ1v) is 9.15. The Balaban J connectivity index is 1.52. The summed E-state index contributed by atoms with van der Waals surface area (Å²) in [6.07, 6.45) is 8.31. The molecule has 7 heteroatoms. The monoisotopic (exact) mass is 332 g/mol. The van der Waals surface area contributed by atoms with Crippen LogP contribution in [0.25, 0.3) is 10.2 Å². The summed E-state index contributed by atoms with van der Waals surface area (Å²) in [7, 11) is 0. The lowest BCUT2D eigenvalue weighted by Gasteiger charge is -2.10. The highest BCUT2D eigenvalue weighted by Gasteiger charge is 2.21. The third-order valence-corrected chi connectivity index (χ3v) is 6.17. The minimum Gasteiger partial charge on any atom is -0.390 e. The van der Waals surface area contributed by atoms with Crippen molar-refractivity contribution in [3.63, 3.8) is 0 Å². The van der Waals surface area contributed by atoms with E-state index in [-0.39, 0.29) is 0 Å². The highest BCUT2D eigenvalue weighted by atomic mass is 32.2. The van der Waals surface area contributed by atoms with Crippen molar-refractivity contribution in [2.24, 2.45) is 0 Å². The Kier molecular flexibility index (Phi) is 3.85. The second-order valence-electron chi connectivity index (χ2n) is 5.41. The van der Waals surface area contributed by atoms with E-state index in [0.29, 0.717) is 12.3 Å². The molecule has 5 nitrogen and oxygen atoms in total. The molecule has 0 saturated heterocycles. The largest absolute Gasteiger partial charge is 0.390 e. The summed E-state index contributed by atoms with van der Waals surface area (Å²) in [5, 5.41) is 16.5. The average molecular weight is 332 g/mol. The predicted molar refractivity (Wildman–Crippen MR) is 88.4 cm³/mol. The van der Waals surface area contributed by atoms with E-state index < -0.39 is 6.10 Å². The maximum atomic E-state index is 10.2. The molecule has 0 aromatic carbocycles. The van der Waals surface area contributed by atoms with Crippen LogP contribution >= 0.6 is 23.1 Å². The molecule has 3 aromatic rings. The molecule has 0 saturated carbocycles. The summed E-state index contributed by atoms with van der Waals surface area (Å²) in [5.41, 5.74) is 1.43. The lowest BCUT2D eigenvalue weighted by atomic mass is 10.2. The third kappa shape index (κ3) is 2.64. The Morgan fingerprint density at radius 1 is 1.36 bits per heavy atom. The molecule has 0 fully saturated rings. The molecule has 0 radical (unpaired) electrons. The second-order valence-corrected chi connectivity index (χ2v) is 7.50. The number of aromatic nitrogens is 4. The van der Waals surface area contributed by atoms with Gasteiger partial charge in [-0.25, -0.2) is 9.97 Å². The quantitative estimate of drug-likeness (QED) is 0.574. The summed E-state index contributed by atoms with van der Waals surface area (Å²) < 4.78 is 1.75. The maximum Gasteiger partial charge on any atom is 0.128 e. The van der Waals surface area contributed by atoms with Crippen LogP contribution in [-0.2, 0) is 19.4 Å². The first-order valence-electron chi connectivity index (χ1n) is 7.35. The van der Waals surface area contributed by atoms with Gasteiger partial charge in [-0.1, -0.05) is 0 Å².